The Morgan fingerprint density at radius 2 is 2.17 bits per heavy atom. The summed E-state index contributed by atoms with van der Waals surface area (Å²) in [4.78, 5) is 8.74. The van der Waals surface area contributed by atoms with Gasteiger partial charge in [0.05, 0.1) is 0 Å². The van der Waals surface area contributed by atoms with E-state index in [1.54, 1.807) is 6.20 Å². The molecule has 4 N–H and O–H groups in total. The van der Waals surface area contributed by atoms with Crippen LogP contribution in [0.15, 0.2) is 6.20 Å². The monoisotopic (exact) mass is 252 g/mol. The van der Waals surface area contributed by atoms with Crippen molar-refractivity contribution in [2.45, 2.75) is 31.9 Å². The summed E-state index contributed by atoms with van der Waals surface area (Å²) in [5.74, 6) is 1.08. The van der Waals surface area contributed by atoms with Crippen LogP contribution in [0.2, 0.25) is 0 Å². The molecule has 0 radical (unpaired) electrons. The van der Waals surface area contributed by atoms with Crippen LogP contribution in [0.4, 0.5) is 5.82 Å². The van der Waals surface area contributed by atoms with E-state index in [4.69, 9.17) is 20.9 Å². The van der Waals surface area contributed by atoms with Gasteiger partial charge in [0.15, 0.2) is 5.82 Å². The van der Waals surface area contributed by atoms with E-state index in [2.05, 4.69) is 9.97 Å². The topological polar surface area (TPSA) is 96.3 Å². The molecular formula is C12H20N4O2. The van der Waals surface area contributed by atoms with Crippen molar-refractivity contribution in [1.29, 1.82) is 0 Å². The van der Waals surface area contributed by atoms with Gasteiger partial charge in [-0.2, -0.15) is 0 Å². The number of rotatable bonds is 4. The van der Waals surface area contributed by atoms with Crippen molar-refractivity contribution in [2.24, 2.45) is 5.73 Å². The van der Waals surface area contributed by atoms with Gasteiger partial charge in [-0.3, -0.25) is 0 Å². The van der Waals surface area contributed by atoms with Gasteiger partial charge in [0.25, 0.3) is 0 Å². The second-order valence-electron chi connectivity index (χ2n) is 4.35. The number of nitrogen functional groups attached to an aromatic ring is 1. The molecule has 0 unspecified atom stereocenters. The van der Waals surface area contributed by atoms with E-state index in [-0.39, 0.29) is 0 Å². The molecule has 6 heteroatoms. The molecule has 2 heterocycles. The average Bonchev–Trinajstić information content (AvgIpc) is 2.40. The van der Waals surface area contributed by atoms with E-state index in [1.807, 2.05) is 6.92 Å². The third kappa shape index (κ3) is 2.45. The van der Waals surface area contributed by atoms with Gasteiger partial charge in [-0.1, -0.05) is 0 Å². The van der Waals surface area contributed by atoms with Crippen LogP contribution < -0.4 is 11.5 Å². The highest BCUT2D eigenvalue weighted by molar-refractivity contribution is 5.38. The summed E-state index contributed by atoms with van der Waals surface area (Å²) >= 11 is 0. The van der Waals surface area contributed by atoms with E-state index in [1.165, 1.54) is 0 Å². The lowest BCUT2D eigenvalue weighted by Crippen LogP contribution is -2.38. The van der Waals surface area contributed by atoms with E-state index in [0.29, 0.717) is 38.0 Å². The Labute approximate surface area is 107 Å². The van der Waals surface area contributed by atoms with Crippen LogP contribution in [0.1, 0.15) is 31.2 Å². The number of aromatic nitrogens is 2. The van der Waals surface area contributed by atoms with Crippen molar-refractivity contribution in [3.63, 3.8) is 0 Å². The second-order valence-corrected chi connectivity index (χ2v) is 4.35. The van der Waals surface area contributed by atoms with Crippen molar-refractivity contribution in [2.75, 3.05) is 25.6 Å². The van der Waals surface area contributed by atoms with E-state index < -0.39 is 5.60 Å². The molecule has 1 aliphatic rings. The summed E-state index contributed by atoms with van der Waals surface area (Å²) in [6.45, 7) is 4.23. The summed E-state index contributed by atoms with van der Waals surface area (Å²) in [5.41, 5.74) is 11.7. The van der Waals surface area contributed by atoms with E-state index in [0.717, 1.165) is 18.4 Å². The standard InChI is InChI=1S/C12H20N4O2/c1-2-18-12(3-5-17-6-4-12)11-15-8-9(7-13)10(14)16-11/h8H,2-7,13H2,1H3,(H2,14,15,16). The minimum Gasteiger partial charge on any atom is -0.383 e. The molecule has 0 bridgehead atoms. The van der Waals surface area contributed by atoms with Crippen molar-refractivity contribution in [1.82, 2.24) is 9.97 Å². The van der Waals surface area contributed by atoms with Gasteiger partial charge >= 0.3 is 0 Å². The number of nitrogens with zero attached hydrogens (tertiary/aromatic N) is 2. The predicted octanol–water partition coefficient (Wildman–Crippen LogP) is 0.560. The first-order valence-corrected chi connectivity index (χ1v) is 6.25. The minimum absolute atomic E-state index is 0.344. The van der Waals surface area contributed by atoms with Crippen molar-refractivity contribution >= 4 is 5.82 Å². The fourth-order valence-corrected chi connectivity index (χ4v) is 2.21. The lowest BCUT2D eigenvalue weighted by Gasteiger charge is -2.35. The summed E-state index contributed by atoms with van der Waals surface area (Å²) < 4.78 is 11.3. The number of anilines is 1. The predicted molar refractivity (Wildman–Crippen MR) is 67.7 cm³/mol. The SMILES string of the molecule is CCOC1(c2ncc(CN)c(N)n2)CCOCC1. The number of nitrogens with two attached hydrogens (primary N) is 2. The quantitative estimate of drug-likeness (QED) is 0.812. The Balaban J connectivity index is 2.33. The molecule has 0 aromatic carbocycles. The summed E-state index contributed by atoms with van der Waals surface area (Å²) in [5, 5.41) is 0. The van der Waals surface area contributed by atoms with Crippen LogP contribution >= 0.6 is 0 Å². The molecule has 0 spiro atoms. The van der Waals surface area contributed by atoms with Crippen molar-refractivity contribution in [3.05, 3.63) is 17.6 Å². The molecular weight excluding hydrogens is 232 g/mol. The Hall–Kier alpha value is -1.24. The minimum atomic E-state index is -0.464. The lowest BCUT2D eigenvalue weighted by molar-refractivity contribution is -0.117. The number of hydrogen-bond acceptors (Lipinski definition) is 6. The zero-order chi connectivity index (χ0) is 13.0. The molecule has 1 aromatic heterocycles. The summed E-state index contributed by atoms with van der Waals surface area (Å²) in [6.07, 6.45) is 3.19. The summed E-state index contributed by atoms with van der Waals surface area (Å²) in [6, 6.07) is 0. The van der Waals surface area contributed by atoms with E-state index >= 15 is 0 Å². The van der Waals surface area contributed by atoms with Gasteiger partial charge < -0.3 is 20.9 Å². The summed E-state index contributed by atoms with van der Waals surface area (Å²) in [7, 11) is 0. The second kappa shape index (κ2) is 5.60. The zero-order valence-electron chi connectivity index (χ0n) is 10.7. The molecule has 100 valence electrons. The highest BCUT2D eigenvalue weighted by atomic mass is 16.5. The molecule has 1 fully saturated rings. The molecule has 6 nitrogen and oxygen atoms in total. The molecule has 18 heavy (non-hydrogen) atoms. The molecule has 0 atom stereocenters. The van der Waals surface area contributed by atoms with Crippen molar-refractivity contribution < 1.29 is 9.47 Å². The lowest BCUT2D eigenvalue weighted by atomic mass is 9.92. The third-order valence-electron chi connectivity index (χ3n) is 3.25. The Morgan fingerprint density at radius 3 is 2.72 bits per heavy atom. The molecule has 1 aromatic rings. The number of hydrogen-bond donors (Lipinski definition) is 2. The Morgan fingerprint density at radius 1 is 1.44 bits per heavy atom. The Bertz CT molecular complexity index is 400. The first kappa shape index (κ1) is 13.2. The van der Waals surface area contributed by atoms with Crippen LogP contribution in [0, 0.1) is 0 Å². The molecule has 1 saturated heterocycles. The van der Waals surface area contributed by atoms with E-state index in [9.17, 15) is 0 Å². The molecule has 0 aliphatic carbocycles. The van der Waals surface area contributed by atoms with Gasteiger partial charge in [0.1, 0.15) is 11.4 Å². The Kier molecular flexibility index (Phi) is 4.11. The maximum Gasteiger partial charge on any atom is 0.162 e. The first-order valence-electron chi connectivity index (χ1n) is 6.25. The van der Waals surface area contributed by atoms with Crippen molar-refractivity contribution in [3.8, 4) is 0 Å². The van der Waals surface area contributed by atoms with Crippen LogP contribution in [0.3, 0.4) is 0 Å². The van der Waals surface area contributed by atoms with Gasteiger partial charge in [0, 0.05) is 51.0 Å². The molecule has 2 rings (SSSR count). The van der Waals surface area contributed by atoms with Gasteiger partial charge in [-0.25, -0.2) is 9.97 Å². The molecule has 0 amide bonds. The molecule has 0 saturated carbocycles. The van der Waals surface area contributed by atoms with Crippen LogP contribution in [-0.2, 0) is 21.6 Å². The van der Waals surface area contributed by atoms with Crippen LogP contribution in [0.5, 0.6) is 0 Å². The van der Waals surface area contributed by atoms with Gasteiger partial charge in [-0.15, -0.1) is 0 Å². The van der Waals surface area contributed by atoms with Gasteiger partial charge in [-0.05, 0) is 6.92 Å². The smallest absolute Gasteiger partial charge is 0.162 e. The maximum atomic E-state index is 5.89. The van der Waals surface area contributed by atoms with Crippen LogP contribution in [-0.4, -0.2) is 29.8 Å². The third-order valence-corrected chi connectivity index (χ3v) is 3.25. The largest absolute Gasteiger partial charge is 0.383 e. The number of ether oxygens (including phenoxy) is 2. The van der Waals surface area contributed by atoms with Gasteiger partial charge in [0.2, 0.25) is 0 Å². The maximum absolute atomic E-state index is 5.89. The first-order chi connectivity index (χ1) is 8.72. The molecule has 1 aliphatic heterocycles. The normalized spacial score (nSPS) is 18.8. The highest BCUT2D eigenvalue weighted by Crippen LogP contribution is 2.34. The fourth-order valence-electron chi connectivity index (χ4n) is 2.21. The van der Waals surface area contributed by atoms with Crippen LogP contribution in [0.25, 0.3) is 0 Å². The fraction of sp³-hybridized carbons (Fsp3) is 0.667. The zero-order valence-corrected chi connectivity index (χ0v) is 10.7. The average molecular weight is 252 g/mol. The highest BCUT2D eigenvalue weighted by Gasteiger charge is 2.38.